The Labute approximate surface area is 227 Å². The fourth-order valence-corrected chi connectivity index (χ4v) is 4.66. The molecule has 0 N–H and O–H groups in total. The third kappa shape index (κ3) is 4.99. The first-order valence-electron chi connectivity index (χ1n) is 12.3. The largest absolute Gasteiger partial charge is 0.488 e. The van der Waals surface area contributed by atoms with Gasteiger partial charge in [-0.2, -0.15) is 0 Å². The maximum absolute atomic E-state index is 13.8. The van der Waals surface area contributed by atoms with Crippen LogP contribution in [0.1, 0.15) is 22.3 Å². The van der Waals surface area contributed by atoms with Gasteiger partial charge in [-0.25, -0.2) is 0 Å². The number of hydrogen-bond acceptors (Lipinski definition) is 4. The summed E-state index contributed by atoms with van der Waals surface area (Å²) < 4.78 is 6.15. The van der Waals surface area contributed by atoms with Gasteiger partial charge in [-0.15, -0.1) is 0 Å². The van der Waals surface area contributed by atoms with Gasteiger partial charge in [0, 0.05) is 5.56 Å². The number of thiocarbonyl (C=S) groups is 1. The number of hydrogen-bond donors (Lipinski definition) is 0. The average Bonchev–Trinajstić information content (AvgIpc) is 2.93. The van der Waals surface area contributed by atoms with E-state index in [1.165, 1.54) is 20.9 Å². The van der Waals surface area contributed by atoms with Crippen LogP contribution in [0.2, 0.25) is 0 Å². The zero-order valence-corrected chi connectivity index (χ0v) is 21.9. The molecule has 2 amide bonds. The fourth-order valence-electron chi connectivity index (χ4n) is 4.28. The smallest absolute Gasteiger partial charge is 0.270 e. The van der Waals surface area contributed by atoms with Crippen LogP contribution in [-0.2, 0) is 16.2 Å². The van der Waals surface area contributed by atoms with E-state index in [9.17, 15) is 9.59 Å². The number of para-hydroxylation sites is 3. The number of amides is 2. The molecule has 1 saturated heterocycles. The van der Waals surface area contributed by atoms with E-state index in [0.717, 1.165) is 5.56 Å². The molecule has 188 valence electrons. The summed E-state index contributed by atoms with van der Waals surface area (Å²) in [7, 11) is 0. The Balaban J connectivity index is 1.54. The number of rotatable bonds is 6. The van der Waals surface area contributed by atoms with Gasteiger partial charge in [0.25, 0.3) is 11.8 Å². The molecule has 0 atom stereocenters. The highest BCUT2D eigenvalue weighted by Gasteiger charge is 2.41. The van der Waals surface area contributed by atoms with Crippen molar-refractivity contribution in [2.45, 2.75) is 20.5 Å². The van der Waals surface area contributed by atoms with E-state index in [2.05, 4.69) is 26.0 Å². The van der Waals surface area contributed by atoms with Gasteiger partial charge < -0.3 is 4.74 Å². The summed E-state index contributed by atoms with van der Waals surface area (Å²) in [6, 6.07) is 31.8. The summed E-state index contributed by atoms with van der Waals surface area (Å²) >= 11 is 5.68. The number of nitrogens with zero attached hydrogens (tertiary/aromatic N) is 2. The number of aryl methyl sites for hydroxylation is 2. The summed E-state index contributed by atoms with van der Waals surface area (Å²) in [6.07, 6.45) is 1.59. The van der Waals surface area contributed by atoms with Crippen molar-refractivity contribution >= 4 is 46.6 Å². The molecule has 4 aromatic carbocycles. The maximum Gasteiger partial charge on any atom is 0.270 e. The topological polar surface area (TPSA) is 49.9 Å². The molecule has 0 saturated carbocycles. The number of carbonyl (C=O) groups is 2. The summed E-state index contributed by atoms with van der Waals surface area (Å²) in [6.45, 7) is 4.50. The highest BCUT2D eigenvalue weighted by atomic mass is 32.1. The van der Waals surface area contributed by atoms with E-state index in [1.54, 1.807) is 30.3 Å². The molecular formula is C32H26N2O3S. The lowest BCUT2D eigenvalue weighted by Gasteiger charge is -2.36. The van der Waals surface area contributed by atoms with Crippen molar-refractivity contribution in [1.82, 2.24) is 0 Å². The third-order valence-electron chi connectivity index (χ3n) is 6.46. The Bertz CT molecular complexity index is 1480. The first-order chi connectivity index (χ1) is 18.4. The molecule has 4 aromatic rings. The molecule has 1 aliphatic rings. The van der Waals surface area contributed by atoms with Gasteiger partial charge >= 0.3 is 0 Å². The second-order valence-corrected chi connectivity index (χ2v) is 9.40. The van der Waals surface area contributed by atoms with Gasteiger partial charge in [0.2, 0.25) is 0 Å². The Morgan fingerprint density at radius 2 is 1.26 bits per heavy atom. The van der Waals surface area contributed by atoms with Crippen LogP contribution in [-0.4, -0.2) is 16.9 Å². The standard InChI is InChI=1S/C32H26N2O3S/c1-22-17-18-24(19-23(22)2)21-37-29-16-10-9-11-25(29)20-28-30(35)33(26-12-5-3-6-13-26)32(38)34(31(28)36)27-14-7-4-8-15-27/h3-20H,21H2,1-2H3. The van der Waals surface area contributed by atoms with Crippen molar-refractivity contribution in [2.75, 3.05) is 9.80 Å². The van der Waals surface area contributed by atoms with Gasteiger partial charge in [-0.1, -0.05) is 72.8 Å². The Kier molecular flexibility index (Phi) is 7.15. The highest BCUT2D eigenvalue weighted by molar-refractivity contribution is 7.81. The van der Waals surface area contributed by atoms with Crippen molar-refractivity contribution in [1.29, 1.82) is 0 Å². The lowest BCUT2D eigenvalue weighted by atomic mass is 10.0. The monoisotopic (exact) mass is 518 g/mol. The van der Waals surface area contributed by atoms with E-state index in [-0.39, 0.29) is 10.7 Å². The van der Waals surface area contributed by atoms with E-state index >= 15 is 0 Å². The molecule has 1 heterocycles. The molecule has 0 unspecified atom stereocenters. The first kappa shape index (κ1) is 25.1. The van der Waals surface area contributed by atoms with Crippen LogP contribution in [0.15, 0.2) is 109 Å². The molecule has 0 radical (unpaired) electrons. The van der Waals surface area contributed by atoms with Crippen LogP contribution in [0, 0.1) is 13.8 Å². The maximum atomic E-state index is 13.8. The molecule has 38 heavy (non-hydrogen) atoms. The quantitative estimate of drug-likeness (QED) is 0.163. The Morgan fingerprint density at radius 1 is 0.711 bits per heavy atom. The van der Waals surface area contributed by atoms with Crippen LogP contribution in [0.4, 0.5) is 11.4 Å². The molecule has 1 fully saturated rings. The molecular weight excluding hydrogens is 492 g/mol. The second kappa shape index (κ2) is 10.8. The zero-order chi connectivity index (χ0) is 26.6. The van der Waals surface area contributed by atoms with Crippen LogP contribution in [0.5, 0.6) is 5.75 Å². The minimum absolute atomic E-state index is 0.00598. The molecule has 1 aliphatic heterocycles. The van der Waals surface area contributed by atoms with Crippen LogP contribution in [0.25, 0.3) is 6.08 Å². The van der Waals surface area contributed by atoms with Gasteiger partial charge in [0.1, 0.15) is 17.9 Å². The van der Waals surface area contributed by atoms with Crippen LogP contribution >= 0.6 is 12.2 Å². The van der Waals surface area contributed by atoms with Gasteiger partial charge in [-0.3, -0.25) is 19.4 Å². The molecule has 0 spiro atoms. The first-order valence-corrected chi connectivity index (χ1v) is 12.7. The van der Waals surface area contributed by atoms with Crippen molar-refractivity contribution in [3.8, 4) is 5.75 Å². The fraction of sp³-hybridized carbons (Fsp3) is 0.0938. The zero-order valence-electron chi connectivity index (χ0n) is 21.1. The molecule has 0 aromatic heterocycles. The average molecular weight is 519 g/mol. The lowest BCUT2D eigenvalue weighted by molar-refractivity contribution is -0.120. The summed E-state index contributed by atoms with van der Waals surface area (Å²) in [4.78, 5) is 30.3. The van der Waals surface area contributed by atoms with Crippen molar-refractivity contribution in [3.05, 3.63) is 131 Å². The predicted octanol–water partition coefficient (Wildman–Crippen LogP) is 6.63. The van der Waals surface area contributed by atoms with Gasteiger partial charge in [0.05, 0.1) is 11.4 Å². The van der Waals surface area contributed by atoms with Crippen LogP contribution in [0.3, 0.4) is 0 Å². The number of carbonyl (C=O) groups excluding carboxylic acids is 2. The van der Waals surface area contributed by atoms with Gasteiger partial charge in [0.15, 0.2) is 5.11 Å². The minimum Gasteiger partial charge on any atom is -0.488 e. The van der Waals surface area contributed by atoms with E-state index in [4.69, 9.17) is 17.0 Å². The van der Waals surface area contributed by atoms with E-state index in [1.807, 2.05) is 66.7 Å². The van der Waals surface area contributed by atoms with Crippen molar-refractivity contribution < 1.29 is 14.3 Å². The van der Waals surface area contributed by atoms with Gasteiger partial charge in [-0.05, 0) is 79.2 Å². The van der Waals surface area contributed by atoms with E-state index in [0.29, 0.717) is 29.3 Å². The summed E-state index contributed by atoms with van der Waals surface area (Å²) in [5.41, 5.74) is 5.24. The van der Waals surface area contributed by atoms with Crippen LogP contribution < -0.4 is 14.5 Å². The number of benzene rings is 4. The summed E-state index contributed by atoms with van der Waals surface area (Å²) in [5, 5.41) is 0.105. The van der Waals surface area contributed by atoms with Crippen molar-refractivity contribution in [3.63, 3.8) is 0 Å². The Morgan fingerprint density at radius 3 is 1.84 bits per heavy atom. The molecule has 0 bridgehead atoms. The van der Waals surface area contributed by atoms with E-state index < -0.39 is 11.8 Å². The molecule has 6 heteroatoms. The third-order valence-corrected chi connectivity index (χ3v) is 6.83. The highest BCUT2D eigenvalue weighted by Crippen LogP contribution is 2.31. The predicted molar refractivity (Wildman–Crippen MR) is 155 cm³/mol. The molecule has 0 aliphatic carbocycles. The second-order valence-electron chi connectivity index (χ2n) is 9.04. The Hall–Kier alpha value is -4.55. The van der Waals surface area contributed by atoms with Crippen molar-refractivity contribution in [2.24, 2.45) is 0 Å². The minimum atomic E-state index is -0.484. The number of ether oxygens (including phenoxy) is 1. The number of anilines is 2. The normalized spacial score (nSPS) is 13.6. The molecule has 5 nitrogen and oxygen atoms in total. The molecule has 5 rings (SSSR count). The lowest BCUT2D eigenvalue weighted by Crippen LogP contribution is -2.56. The SMILES string of the molecule is Cc1ccc(COc2ccccc2C=C2C(=O)N(c3ccccc3)C(=S)N(c3ccccc3)C2=O)cc1C. The summed E-state index contributed by atoms with van der Waals surface area (Å²) in [5.74, 6) is -0.394.